The van der Waals surface area contributed by atoms with Gasteiger partial charge in [0.15, 0.2) is 0 Å². The van der Waals surface area contributed by atoms with E-state index in [9.17, 15) is 18.7 Å². The van der Waals surface area contributed by atoms with Crippen LogP contribution in [0.1, 0.15) is 36.9 Å². The molecule has 1 aliphatic rings. The monoisotopic (exact) mass is 361 g/mol. The van der Waals surface area contributed by atoms with Crippen LogP contribution in [0.15, 0.2) is 42.5 Å². The van der Waals surface area contributed by atoms with Gasteiger partial charge < -0.3 is 9.84 Å². The third kappa shape index (κ3) is 3.70. The molecule has 0 radical (unpaired) electrons. The highest BCUT2D eigenvalue weighted by molar-refractivity contribution is 5.74. The zero-order chi connectivity index (χ0) is 18.7. The molecule has 138 valence electrons. The fourth-order valence-electron chi connectivity index (χ4n) is 3.58. The van der Waals surface area contributed by atoms with Crippen molar-refractivity contribution in [1.29, 1.82) is 0 Å². The minimum absolute atomic E-state index is 0.258. The van der Waals surface area contributed by atoms with Crippen LogP contribution >= 0.6 is 0 Å². The summed E-state index contributed by atoms with van der Waals surface area (Å²) in [5.74, 6) is -1.66. The molecule has 0 amide bonds. The lowest BCUT2D eigenvalue weighted by Gasteiger charge is -2.32. The third-order valence-electron chi connectivity index (χ3n) is 4.65. The van der Waals surface area contributed by atoms with E-state index in [2.05, 4.69) is 0 Å². The fraction of sp³-hybridized carbons (Fsp3) is 0.350. The number of ether oxygens (including phenoxy) is 1. The summed E-state index contributed by atoms with van der Waals surface area (Å²) >= 11 is 0. The number of benzene rings is 2. The van der Waals surface area contributed by atoms with Gasteiger partial charge in [-0.25, -0.2) is 8.78 Å². The Morgan fingerprint density at radius 1 is 1.31 bits per heavy atom. The standard InChI is InChI=1S/C20H21F2NO3/c1-2-26-15-6-3-5-13(11-15)19(16-9-8-14(21)12-17(16)22)23-10-4-7-18(23)20(24)25/h3,5-6,8-9,11-12,18-19H,2,4,7,10H2,1H3,(H,24,25). The number of aliphatic carboxylic acids is 1. The van der Waals surface area contributed by atoms with Crippen molar-refractivity contribution in [2.75, 3.05) is 13.2 Å². The minimum atomic E-state index is -0.934. The molecule has 0 aromatic heterocycles. The van der Waals surface area contributed by atoms with E-state index in [1.165, 1.54) is 12.1 Å². The third-order valence-corrected chi connectivity index (χ3v) is 4.65. The van der Waals surface area contributed by atoms with Gasteiger partial charge in [-0.1, -0.05) is 18.2 Å². The molecule has 2 atom stereocenters. The van der Waals surface area contributed by atoms with Crippen LogP contribution in [0.4, 0.5) is 8.78 Å². The number of rotatable bonds is 6. The van der Waals surface area contributed by atoms with Gasteiger partial charge in [-0.05, 0) is 43.5 Å². The van der Waals surface area contributed by atoms with E-state index in [0.29, 0.717) is 31.7 Å². The maximum atomic E-state index is 14.6. The van der Waals surface area contributed by atoms with E-state index in [-0.39, 0.29) is 5.56 Å². The van der Waals surface area contributed by atoms with E-state index < -0.39 is 29.7 Å². The number of hydrogen-bond donors (Lipinski definition) is 1. The van der Waals surface area contributed by atoms with Crippen molar-refractivity contribution in [3.8, 4) is 5.75 Å². The van der Waals surface area contributed by atoms with Crippen molar-refractivity contribution >= 4 is 5.97 Å². The minimum Gasteiger partial charge on any atom is -0.494 e. The molecule has 1 aliphatic heterocycles. The first-order chi connectivity index (χ1) is 12.5. The lowest BCUT2D eigenvalue weighted by molar-refractivity contribution is -0.142. The van der Waals surface area contributed by atoms with Gasteiger partial charge in [0.25, 0.3) is 0 Å². The number of likely N-dealkylation sites (tertiary alicyclic amines) is 1. The van der Waals surface area contributed by atoms with E-state index in [1.54, 1.807) is 23.1 Å². The van der Waals surface area contributed by atoms with Gasteiger partial charge >= 0.3 is 5.97 Å². The molecule has 4 nitrogen and oxygen atoms in total. The molecule has 3 rings (SSSR count). The molecule has 2 aromatic rings. The van der Waals surface area contributed by atoms with Gasteiger partial charge in [-0.3, -0.25) is 9.69 Å². The Hall–Kier alpha value is -2.47. The summed E-state index contributed by atoms with van der Waals surface area (Å²) in [5, 5.41) is 9.56. The largest absolute Gasteiger partial charge is 0.494 e. The first-order valence-corrected chi connectivity index (χ1v) is 8.67. The summed E-state index contributed by atoms with van der Waals surface area (Å²) in [6.07, 6.45) is 1.21. The van der Waals surface area contributed by atoms with Crippen LogP contribution in [0.25, 0.3) is 0 Å². The highest BCUT2D eigenvalue weighted by Gasteiger charge is 2.38. The van der Waals surface area contributed by atoms with Crippen LogP contribution in [-0.2, 0) is 4.79 Å². The van der Waals surface area contributed by atoms with Gasteiger partial charge in [0.05, 0.1) is 12.6 Å². The van der Waals surface area contributed by atoms with Crippen molar-refractivity contribution < 1.29 is 23.4 Å². The Morgan fingerprint density at radius 3 is 2.81 bits per heavy atom. The van der Waals surface area contributed by atoms with Crippen LogP contribution in [0.3, 0.4) is 0 Å². The van der Waals surface area contributed by atoms with Gasteiger partial charge in [-0.2, -0.15) is 0 Å². The quantitative estimate of drug-likeness (QED) is 0.845. The summed E-state index contributed by atoms with van der Waals surface area (Å²) in [4.78, 5) is 13.4. The zero-order valence-electron chi connectivity index (χ0n) is 14.5. The summed E-state index contributed by atoms with van der Waals surface area (Å²) in [6.45, 7) is 2.88. The predicted octanol–water partition coefficient (Wildman–Crippen LogP) is 4.00. The second kappa shape index (κ2) is 7.83. The predicted molar refractivity (Wildman–Crippen MR) is 93.2 cm³/mol. The lowest BCUT2D eigenvalue weighted by Crippen LogP contribution is -2.39. The van der Waals surface area contributed by atoms with Crippen molar-refractivity contribution in [2.24, 2.45) is 0 Å². The van der Waals surface area contributed by atoms with Gasteiger partial charge in [0.2, 0.25) is 0 Å². The maximum Gasteiger partial charge on any atom is 0.320 e. The molecule has 26 heavy (non-hydrogen) atoms. The lowest BCUT2D eigenvalue weighted by atomic mass is 9.95. The van der Waals surface area contributed by atoms with E-state index in [0.717, 1.165) is 11.6 Å². The number of carboxylic acids is 1. The number of carboxylic acid groups (broad SMARTS) is 1. The molecule has 1 N–H and O–H groups in total. The number of nitrogens with zero attached hydrogens (tertiary/aromatic N) is 1. The van der Waals surface area contributed by atoms with Crippen LogP contribution < -0.4 is 4.74 Å². The molecule has 0 saturated carbocycles. The Kier molecular flexibility index (Phi) is 5.52. The highest BCUT2D eigenvalue weighted by Crippen LogP contribution is 2.37. The van der Waals surface area contributed by atoms with Crippen molar-refractivity contribution in [3.63, 3.8) is 0 Å². The average molecular weight is 361 g/mol. The summed E-state index contributed by atoms with van der Waals surface area (Å²) in [6, 6.07) is 9.27. The molecular weight excluding hydrogens is 340 g/mol. The molecule has 1 heterocycles. The van der Waals surface area contributed by atoms with E-state index in [1.807, 2.05) is 13.0 Å². The van der Waals surface area contributed by atoms with Gasteiger partial charge in [0, 0.05) is 18.2 Å². The van der Waals surface area contributed by atoms with Crippen LogP contribution in [0, 0.1) is 11.6 Å². The topological polar surface area (TPSA) is 49.8 Å². The van der Waals surface area contributed by atoms with Gasteiger partial charge in [-0.15, -0.1) is 0 Å². The van der Waals surface area contributed by atoms with E-state index >= 15 is 0 Å². The zero-order valence-corrected chi connectivity index (χ0v) is 14.5. The smallest absolute Gasteiger partial charge is 0.320 e. The van der Waals surface area contributed by atoms with Crippen molar-refractivity contribution in [2.45, 2.75) is 31.8 Å². The Labute approximate surface area is 151 Å². The number of halogens is 2. The Balaban J connectivity index is 2.10. The molecule has 1 saturated heterocycles. The second-order valence-corrected chi connectivity index (χ2v) is 6.31. The fourth-order valence-corrected chi connectivity index (χ4v) is 3.58. The summed E-state index contributed by atoms with van der Waals surface area (Å²) in [7, 11) is 0. The number of hydrogen-bond acceptors (Lipinski definition) is 3. The first kappa shape index (κ1) is 18.3. The first-order valence-electron chi connectivity index (χ1n) is 8.67. The maximum absolute atomic E-state index is 14.6. The molecule has 2 unspecified atom stereocenters. The van der Waals surface area contributed by atoms with Crippen molar-refractivity contribution in [3.05, 3.63) is 65.2 Å². The molecule has 6 heteroatoms. The molecule has 0 bridgehead atoms. The molecule has 2 aromatic carbocycles. The Bertz CT molecular complexity index is 796. The molecular formula is C20H21F2NO3. The highest BCUT2D eigenvalue weighted by atomic mass is 19.1. The SMILES string of the molecule is CCOc1cccc(C(c2ccc(F)cc2F)N2CCCC2C(=O)O)c1. The Morgan fingerprint density at radius 2 is 2.12 bits per heavy atom. The van der Waals surface area contributed by atoms with E-state index in [4.69, 9.17) is 4.74 Å². The van der Waals surface area contributed by atoms with Crippen LogP contribution in [-0.4, -0.2) is 35.2 Å². The summed E-state index contributed by atoms with van der Waals surface area (Å²) < 4.78 is 33.5. The molecule has 0 aliphatic carbocycles. The average Bonchev–Trinajstić information content (AvgIpc) is 3.07. The number of carbonyl (C=O) groups is 1. The summed E-state index contributed by atoms with van der Waals surface area (Å²) in [5.41, 5.74) is 0.975. The van der Waals surface area contributed by atoms with Crippen LogP contribution in [0.5, 0.6) is 5.75 Å². The van der Waals surface area contributed by atoms with Crippen LogP contribution in [0.2, 0.25) is 0 Å². The van der Waals surface area contributed by atoms with Crippen molar-refractivity contribution in [1.82, 2.24) is 4.90 Å². The second-order valence-electron chi connectivity index (χ2n) is 6.31. The van der Waals surface area contributed by atoms with Gasteiger partial charge in [0.1, 0.15) is 23.4 Å². The normalized spacial score (nSPS) is 18.7. The molecule has 0 spiro atoms. The molecule has 1 fully saturated rings.